The molecular weight excluding hydrogens is 243 g/mol. The van der Waals surface area contributed by atoms with Gasteiger partial charge in [0.25, 0.3) is 0 Å². The molecule has 0 fully saturated rings. The summed E-state index contributed by atoms with van der Waals surface area (Å²) in [6, 6.07) is 10.2. The van der Waals surface area contributed by atoms with E-state index >= 15 is 0 Å². The number of nitriles is 1. The van der Waals surface area contributed by atoms with Crippen molar-refractivity contribution in [2.45, 2.75) is 6.92 Å². The number of aryl methyl sites for hydroxylation is 1. The van der Waals surface area contributed by atoms with Gasteiger partial charge in [0.1, 0.15) is 11.9 Å². The van der Waals surface area contributed by atoms with E-state index in [1.165, 1.54) is 6.07 Å². The minimum atomic E-state index is -0.359. The Bertz CT molecular complexity index is 814. The number of hydrogen-bond donors (Lipinski definition) is 0. The summed E-state index contributed by atoms with van der Waals surface area (Å²) in [5.74, 6) is 0.0376. The molecule has 0 aliphatic carbocycles. The lowest BCUT2D eigenvalue weighted by atomic mass is 10.1. The first-order valence-corrected chi connectivity index (χ1v) is 5.70. The van der Waals surface area contributed by atoms with Gasteiger partial charge in [0.15, 0.2) is 11.5 Å². The van der Waals surface area contributed by atoms with Crippen molar-refractivity contribution in [2.75, 3.05) is 0 Å². The van der Waals surface area contributed by atoms with E-state index in [0.29, 0.717) is 22.6 Å². The zero-order valence-electron chi connectivity index (χ0n) is 10.1. The van der Waals surface area contributed by atoms with Gasteiger partial charge in [-0.25, -0.2) is 4.39 Å². The summed E-state index contributed by atoms with van der Waals surface area (Å²) in [4.78, 5) is 0. The first kappa shape index (κ1) is 11.4. The van der Waals surface area contributed by atoms with Crippen molar-refractivity contribution in [3.63, 3.8) is 0 Å². The molecule has 0 N–H and O–H groups in total. The van der Waals surface area contributed by atoms with E-state index in [4.69, 9.17) is 5.26 Å². The number of nitrogens with zero attached hydrogens (tertiary/aromatic N) is 4. The zero-order chi connectivity index (χ0) is 13.4. The third kappa shape index (κ3) is 1.83. The molecule has 92 valence electrons. The number of pyridine rings is 1. The quantitative estimate of drug-likeness (QED) is 0.669. The maximum absolute atomic E-state index is 13.9. The third-order valence-corrected chi connectivity index (χ3v) is 2.89. The molecule has 4 nitrogen and oxygen atoms in total. The second-order valence-electron chi connectivity index (χ2n) is 4.26. The fourth-order valence-corrected chi connectivity index (χ4v) is 1.95. The minimum Gasteiger partial charge on any atom is -0.281 e. The first-order chi connectivity index (χ1) is 9.19. The highest BCUT2D eigenvalue weighted by molar-refractivity contribution is 5.61. The molecule has 0 amide bonds. The molecular formula is C14H9FN4. The number of aromatic nitrogens is 3. The van der Waals surface area contributed by atoms with Crippen LogP contribution in [0.3, 0.4) is 0 Å². The summed E-state index contributed by atoms with van der Waals surface area (Å²) >= 11 is 0. The van der Waals surface area contributed by atoms with E-state index in [0.717, 1.165) is 5.56 Å². The van der Waals surface area contributed by atoms with Crippen molar-refractivity contribution in [3.05, 3.63) is 53.5 Å². The molecule has 0 atom stereocenters. The van der Waals surface area contributed by atoms with Gasteiger partial charge in [0, 0.05) is 6.20 Å². The van der Waals surface area contributed by atoms with E-state index in [1.807, 2.05) is 13.0 Å². The van der Waals surface area contributed by atoms with Crippen molar-refractivity contribution in [1.29, 1.82) is 5.26 Å². The summed E-state index contributed by atoms with van der Waals surface area (Å²) in [7, 11) is 0. The van der Waals surface area contributed by atoms with E-state index in [-0.39, 0.29) is 5.82 Å². The van der Waals surface area contributed by atoms with Crippen molar-refractivity contribution in [1.82, 2.24) is 14.6 Å². The SMILES string of the molecule is Cc1ccc(F)c(-c2nnc3ccc(C#N)cn23)c1. The number of rotatable bonds is 1. The third-order valence-electron chi connectivity index (χ3n) is 2.89. The van der Waals surface area contributed by atoms with E-state index < -0.39 is 0 Å². The molecule has 19 heavy (non-hydrogen) atoms. The molecule has 0 aliphatic heterocycles. The normalized spacial score (nSPS) is 10.6. The predicted octanol–water partition coefficient (Wildman–Crippen LogP) is 2.72. The Hall–Kier alpha value is -2.74. The lowest BCUT2D eigenvalue weighted by Crippen LogP contribution is -1.94. The topological polar surface area (TPSA) is 54.0 Å². The molecule has 0 saturated carbocycles. The van der Waals surface area contributed by atoms with Crippen molar-refractivity contribution in [2.24, 2.45) is 0 Å². The maximum Gasteiger partial charge on any atom is 0.171 e. The molecule has 3 aromatic rings. The molecule has 2 aromatic heterocycles. The van der Waals surface area contributed by atoms with Gasteiger partial charge < -0.3 is 0 Å². The molecule has 0 spiro atoms. The predicted molar refractivity (Wildman–Crippen MR) is 67.8 cm³/mol. The zero-order valence-corrected chi connectivity index (χ0v) is 10.1. The van der Waals surface area contributed by atoms with Crippen molar-refractivity contribution >= 4 is 5.65 Å². The molecule has 0 unspecified atom stereocenters. The number of benzene rings is 1. The van der Waals surface area contributed by atoms with Gasteiger partial charge in [-0.2, -0.15) is 5.26 Å². The fourth-order valence-electron chi connectivity index (χ4n) is 1.95. The Morgan fingerprint density at radius 1 is 1.21 bits per heavy atom. The van der Waals surface area contributed by atoms with Gasteiger partial charge in [-0.1, -0.05) is 11.6 Å². The van der Waals surface area contributed by atoms with Crippen LogP contribution in [0.25, 0.3) is 17.0 Å². The summed E-state index contributed by atoms with van der Waals surface area (Å²) < 4.78 is 15.5. The minimum absolute atomic E-state index is 0.359. The lowest BCUT2D eigenvalue weighted by molar-refractivity contribution is 0.629. The summed E-state index contributed by atoms with van der Waals surface area (Å²) in [6.45, 7) is 1.88. The molecule has 0 bridgehead atoms. The van der Waals surface area contributed by atoms with Crippen LogP contribution in [0, 0.1) is 24.1 Å². The van der Waals surface area contributed by atoms with Crippen LogP contribution in [0.2, 0.25) is 0 Å². The molecule has 2 heterocycles. The molecule has 0 aliphatic rings. The fraction of sp³-hybridized carbons (Fsp3) is 0.0714. The van der Waals surface area contributed by atoms with Crippen molar-refractivity contribution < 1.29 is 4.39 Å². The second kappa shape index (κ2) is 4.18. The van der Waals surface area contributed by atoms with Gasteiger partial charge in [0.05, 0.1) is 11.1 Å². The Morgan fingerprint density at radius 2 is 2.05 bits per heavy atom. The smallest absolute Gasteiger partial charge is 0.171 e. The highest BCUT2D eigenvalue weighted by Crippen LogP contribution is 2.23. The van der Waals surface area contributed by atoms with Gasteiger partial charge in [-0.15, -0.1) is 10.2 Å². The van der Waals surface area contributed by atoms with Crippen molar-refractivity contribution in [3.8, 4) is 17.5 Å². The highest BCUT2D eigenvalue weighted by atomic mass is 19.1. The van der Waals surface area contributed by atoms with Gasteiger partial charge in [-0.05, 0) is 31.2 Å². The standard InChI is InChI=1S/C14H9FN4/c1-9-2-4-12(15)11(6-9)14-18-17-13-5-3-10(7-16)8-19(13)14/h2-6,8H,1H3. The lowest BCUT2D eigenvalue weighted by Gasteiger charge is -2.03. The van der Waals surface area contributed by atoms with Crippen LogP contribution in [0.5, 0.6) is 0 Å². The number of fused-ring (bicyclic) bond motifs is 1. The van der Waals surface area contributed by atoms with Gasteiger partial charge in [-0.3, -0.25) is 4.40 Å². The molecule has 5 heteroatoms. The first-order valence-electron chi connectivity index (χ1n) is 5.70. The highest BCUT2D eigenvalue weighted by Gasteiger charge is 2.13. The van der Waals surface area contributed by atoms with Crippen LogP contribution in [0.4, 0.5) is 4.39 Å². The average Bonchev–Trinajstić information content (AvgIpc) is 2.84. The molecule has 1 aromatic carbocycles. The Balaban J connectivity index is 2.31. The van der Waals surface area contributed by atoms with Crippen LogP contribution in [0.1, 0.15) is 11.1 Å². The summed E-state index contributed by atoms with van der Waals surface area (Å²) in [6.07, 6.45) is 1.60. The summed E-state index contributed by atoms with van der Waals surface area (Å²) in [5, 5.41) is 16.9. The van der Waals surface area contributed by atoms with E-state index in [1.54, 1.807) is 34.9 Å². The van der Waals surface area contributed by atoms with Crippen LogP contribution in [-0.2, 0) is 0 Å². The molecule has 3 rings (SSSR count). The largest absolute Gasteiger partial charge is 0.281 e. The maximum atomic E-state index is 13.9. The van der Waals surface area contributed by atoms with Crippen LogP contribution >= 0.6 is 0 Å². The number of halogens is 1. The second-order valence-corrected chi connectivity index (χ2v) is 4.26. The number of hydrogen-bond acceptors (Lipinski definition) is 3. The van der Waals surface area contributed by atoms with Crippen LogP contribution in [0.15, 0.2) is 36.5 Å². The average molecular weight is 252 g/mol. The molecule has 0 saturated heterocycles. The van der Waals surface area contributed by atoms with Crippen LogP contribution in [-0.4, -0.2) is 14.6 Å². The molecule has 0 radical (unpaired) electrons. The van der Waals surface area contributed by atoms with E-state index in [9.17, 15) is 4.39 Å². The van der Waals surface area contributed by atoms with Gasteiger partial charge in [0.2, 0.25) is 0 Å². The summed E-state index contributed by atoms with van der Waals surface area (Å²) in [5.41, 5.74) is 2.36. The monoisotopic (exact) mass is 252 g/mol. The Labute approximate surface area is 108 Å². The Morgan fingerprint density at radius 3 is 2.84 bits per heavy atom. The van der Waals surface area contributed by atoms with Crippen LogP contribution < -0.4 is 0 Å². The Kier molecular flexibility index (Phi) is 2.50. The van der Waals surface area contributed by atoms with E-state index in [2.05, 4.69) is 10.2 Å². The van der Waals surface area contributed by atoms with Gasteiger partial charge >= 0.3 is 0 Å².